The number of fused-ring (bicyclic) bond motifs is 6. The minimum atomic E-state index is -0.624. The fourth-order valence-corrected chi connectivity index (χ4v) is 5.93. The number of hydrogen-bond donors (Lipinski definition) is 0. The van der Waals surface area contributed by atoms with Crippen molar-refractivity contribution in [3.05, 3.63) is 71.8 Å². The summed E-state index contributed by atoms with van der Waals surface area (Å²) in [7, 11) is 1.68. The van der Waals surface area contributed by atoms with Gasteiger partial charge in [-0.3, -0.25) is 9.59 Å². The standard InChI is InChI=1S/C24H24O4/c1-23-11-12-24(2,28-23)22(27-3)16-13-15(14-7-5-4-6-8-14)19-17(25)9-10-18(26)20(19)21(16)23/h4-13,15,19-22H,1-3H3/t15-,19-,20+,21-,22+,23-,24+/m0/s1. The minimum absolute atomic E-state index is 0.00436. The van der Waals surface area contributed by atoms with E-state index in [1.54, 1.807) is 7.11 Å². The largest absolute Gasteiger partial charge is 0.374 e. The SMILES string of the molecule is CO[C@@H]1C2=C[C@@H](c3ccccc3)[C@H]3C(=O)C=CC(=O)[C@H]3[C@H]2[C@]2(C)C=C[C@@]1(C)O2. The van der Waals surface area contributed by atoms with E-state index in [0.717, 1.165) is 11.1 Å². The molecule has 4 nitrogen and oxygen atoms in total. The molecule has 1 aromatic rings. The summed E-state index contributed by atoms with van der Waals surface area (Å²) in [6.45, 7) is 4.05. The van der Waals surface area contributed by atoms with Gasteiger partial charge in [-0.1, -0.05) is 48.6 Å². The van der Waals surface area contributed by atoms with Gasteiger partial charge in [-0.2, -0.15) is 0 Å². The number of carbonyl (C=O) groups is 2. The lowest BCUT2D eigenvalue weighted by molar-refractivity contribution is -0.187. The number of hydrogen-bond acceptors (Lipinski definition) is 4. The highest BCUT2D eigenvalue weighted by atomic mass is 16.6. The Morgan fingerprint density at radius 2 is 1.57 bits per heavy atom. The van der Waals surface area contributed by atoms with Crippen molar-refractivity contribution in [2.24, 2.45) is 17.8 Å². The lowest BCUT2D eigenvalue weighted by atomic mass is 9.55. The van der Waals surface area contributed by atoms with Crippen molar-refractivity contribution >= 4 is 11.6 Å². The number of rotatable bonds is 2. The van der Waals surface area contributed by atoms with Crippen LogP contribution >= 0.6 is 0 Å². The number of methoxy groups -OCH3 is 1. The van der Waals surface area contributed by atoms with Crippen molar-refractivity contribution in [2.75, 3.05) is 7.11 Å². The van der Waals surface area contributed by atoms with Gasteiger partial charge in [0.1, 0.15) is 11.7 Å². The highest BCUT2D eigenvalue weighted by molar-refractivity contribution is 6.08. The highest BCUT2D eigenvalue weighted by Gasteiger charge is 2.63. The van der Waals surface area contributed by atoms with Crippen molar-refractivity contribution in [3.8, 4) is 0 Å². The van der Waals surface area contributed by atoms with E-state index in [4.69, 9.17) is 9.47 Å². The Kier molecular flexibility index (Phi) is 3.71. The molecule has 1 saturated heterocycles. The number of allylic oxidation sites excluding steroid dienone is 3. The molecule has 2 bridgehead atoms. The molecule has 0 amide bonds. The normalized spacial score (nSPS) is 43.5. The smallest absolute Gasteiger partial charge is 0.160 e. The molecule has 7 atom stereocenters. The summed E-state index contributed by atoms with van der Waals surface area (Å²) < 4.78 is 12.4. The van der Waals surface area contributed by atoms with Gasteiger partial charge in [-0.05, 0) is 37.1 Å². The predicted octanol–water partition coefficient (Wildman–Crippen LogP) is 3.40. The number of benzene rings is 1. The van der Waals surface area contributed by atoms with Crippen LogP contribution in [0.2, 0.25) is 0 Å². The molecule has 0 aromatic heterocycles. The molecule has 0 unspecified atom stereocenters. The summed E-state index contributed by atoms with van der Waals surface area (Å²) in [6.07, 6.45) is 8.91. The first kappa shape index (κ1) is 17.8. The van der Waals surface area contributed by atoms with Crippen molar-refractivity contribution in [1.29, 1.82) is 0 Å². The molecule has 2 heterocycles. The second kappa shape index (κ2) is 5.85. The van der Waals surface area contributed by atoms with Crippen molar-refractivity contribution in [2.45, 2.75) is 37.1 Å². The molecule has 5 rings (SSSR count). The molecule has 2 aliphatic heterocycles. The van der Waals surface area contributed by atoms with Crippen LogP contribution in [0, 0.1) is 17.8 Å². The van der Waals surface area contributed by atoms with Crippen LogP contribution in [0.3, 0.4) is 0 Å². The first-order valence-electron chi connectivity index (χ1n) is 9.84. The summed E-state index contributed by atoms with van der Waals surface area (Å²) in [5.41, 5.74) is 0.936. The third-order valence-corrected chi connectivity index (χ3v) is 6.98. The Morgan fingerprint density at radius 3 is 2.25 bits per heavy atom. The molecule has 4 aliphatic rings. The second-order valence-electron chi connectivity index (χ2n) is 8.69. The van der Waals surface area contributed by atoms with Crippen molar-refractivity contribution < 1.29 is 19.1 Å². The summed E-state index contributed by atoms with van der Waals surface area (Å²) in [6, 6.07) is 9.99. The van der Waals surface area contributed by atoms with E-state index in [-0.39, 0.29) is 29.5 Å². The number of ether oxygens (including phenoxy) is 2. The maximum atomic E-state index is 13.1. The molecule has 144 valence electrons. The maximum absolute atomic E-state index is 13.1. The Hall–Kier alpha value is -2.30. The van der Waals surface area contributed by atoms with Crippen LogP contribution in [0.4, 0.5) is 0 Å². The van der Waals surface area contributed by atoms with Crippen LogP contribution in [0.5, 0.6) is 0 Å². The van der Waals surface area contributed by atoms with Gasteiger partial charge in [-0.25, -0.2) is 0 Å². The summed E-state index contributed by atoms with van der Waals surface area (Å²) in [5, 5.41) is 0. The molecule has 28 heavy (non-hydrogen) atoms. The highest BCUT2D eigenvalue weighted by Crippen LogP contribution is 2.58. The maximum Gasteiger partial charge on any atom is 0.160 e. The van der Waals surface area contributed by atoms with Gasteiger partial charge in [0.25, 0.3) is 0 Å². The second-order valence-corrected chi connectivity index (χ2v) is 8.69. The summed E-state index contributed by atoms with van der Waals surface area (Å²) in [4.78, 5) is 26.1. The first-order chi connectivity index (χ1) is 13.4. The lowest BCUT2D eigenvalue weighted by Crippen LogP contribution is -2.61. The van der Waals surface area contributed by atoms with E-state index in [1.165, 1.54) is 12.2 Å². The minimum Gasteiger partial charge on any atom is -0.374 e. The van der Waals surface area contributed by atoms with Crippen LogP contribution in [0.15, 0.2) is 66.3 Å². The Bertz CT molecular complexity index is 943. The van der Waals surface area contributed by atoms with Gasteiger partial charge < -0.3 is 9.47 Å². The van der Waals surface area contributed by atoms with E-state index in [1.807, 2.05) is 44.2 Å². The van der Waals surface area contributed by atoms with Gasteiger partial charge in [0.15, 0.2) is 11.6 Å². The van der Waals surface area contributed by atoms with E-state index in [0.29, 0.717) is 0 Å². The molecule has 0 N–H and O–H groups in total. The topological polar surface area (TPSA) is 52.6 Å². The summed E-state index contributed by atoms with van der Waals surface area (Å²) in [5.74, 6) is -1.20. The first-order valence-corrected chi connectivity index (χ1v) is 9.84. The molecule has 4 heteroatoms. The van der Waals surface area contributed by atoms with Gasteiger partial charge in [-0.15, -0.1) is 0 Å². The summed E-state index contributed by atoms with van der Waals surface area (Å²) >= 11 is 0. The molecule has 0 radical (unpaired) electrons. The Labute approximate surface area is 164 Å². The third-order valence-electron chi connectivity index (χ3n) is 6.98. The molecular formula is C24H24O4. The van der Waals surface area contributed by atoms with Gasteiger partial charge >= 0.3 is 0 Å². The van der Waals surface area contributed by atoms with Crippen molar-refractivity contribution in [1.82, 2.24) is 0 Å². The Morgan fingerprint density at radius 1 is 0.929 bits per heavy atom. The van der Waals surface area contributed by atoms with E-state index in [2.05, 4.69) is 18.2 Å². The molecule has 0 saturated carbocycles. The molecule has 1 fully saturated rings. The van der Waals surface area contributed by atoms with Crippen LogP contribution in [-0.4, -0.2) is 36.0 Å². The fraction of sp³-hybridized carbons (Fsp3) is 0.417. The molecule has 0 spiro atoms. The fourth-order valence-electron chi connectivity index (χ4n) is 5.93. The van der Waals surface area contributed by atoms with Gasteiger partial charge in [0.05, 0.1) is 5.60 Å². The quantitative estimate of drug-likeness (QED) is 0.743. The van der Waals surface area contributed by atoms with Crippen LogP contribution in [-0.2, 0) is 19.1 Å². The third kappa shape index (κ3) is 2.25. The van der Waals surface area contributed by atoms with Gasteiger partial charge in [0, 0.05) is 30.8 Å². The molecule has 2 aliphatic carbocycles. The van der Waals surface area contributed by atoms with Crippen LogP contribution in [0.1, 0.15) is 25.3 Å². The number of ketones is 2. The zero-order valence-electron chi connectivity index (χ0n) is 16.3. The van der Waals surface area contributed by atoms with E-state index >= 15 is 0 Å². The Balaban J connectivity index is 1.75. The average molecular weight is 376 g/mol. The number of carbonyl (C=O) groups excluding carboxylic acids is 2. The zero-order valence-corrected chi connectivity index (χ0v) is 16.3. The average Bonchev–Trinajstić information content (AvgIpc) is 2.97. The lowest BCUT2D eigenvalue weighted by Gasteiger charge is -2.54. The zero-order chi connectivity index (χ0) is 19.7. The molecular weight excluding hydrogens is 352 g/mol. The monoisotopic (exact) mass is 376 g/mol. The van der Waals surface area contributed by atoms with Crippen LogP contribution in [0.25, 0.3) is 0 Å². The van der Waals surface area contributed by atoms with E-state index in [9.17, 15) is 9.59 Å². The predicted molar refractivity (Wildman–Crippen MR) is 105 cm³/mol. The van der Waals surface area contributed by atoms with E-state index < -0.39 is 23.0 Å². The van der Waals surface area contributed by atoms with Crippen molar-refractivity contribution in [3.63, 3.8) is 0 Å². The molecule has 1 aromatic carbocycles. The van der Waals surface area contributed by atoms with Crippen LogP contribution < -0.4 is 0 Å². The van der Waals surface area contributed by atoms with Gasteiger partial charge in [0.2, 0.25) is 0 Å².